The van der Waals surface area contributed by atoms with Crippen LogP contribution in [0, 0.1) is 0 Å². The van der Waals surface area contributed by atoms with Gasteiger partial charge in [0.2, 0.25) is 0 Å². The summed E-state index contributed by atoms with van der Waals surface area (Å²) in [4.78, 5) is 8.00. The van der Waals surface area contributed by atoms with Crippen molar-refractivity contribution < 1.29 is 0 Å². The summed E-state index contributed by atoms with van der Waals surface area (Å²) in [7, 11) is 0. The topological polar surface area (TPSA) is 9.72 Å². The van der Waals surface area contributed by atoms with Crippen molar-refractivity contribution in [3.05, 3.63) is 309 Å². The maximum absolute atomic E-state index is 2.68. The lowest BCUT2D eigenvalue weighted by molar-refractivity contribution is 1.23. The molecular formula is C78H51B2N3. The SMILES string of the molecule is c1ccc(-c2ccc3c(c2)B2c4ccccc4N(c4c(-c5ccccc5)cccc4-c4ccccc4)c4cc5c6c(c42)N3c2ccc(-c3ccccc3)cc2B6c2ccccc2N5c2c(-c3ccccc3)cccc2-c2ccccc2)cc1. The third-order valence-corrected chi connectivity index (χ3v) is 17.8. The molecule has 384 valence electrons. The van der Waals surface area contributed by atoms with Crippen LogP contribution in [0.5, 0.6) is 0 Å². The first-order chi connectivity index (χ1) is 41.2. The summed E-state index contributed by atoms with van der Waals surface area (Å²) < 4.78 is 0. The zero-order valence-electron chi connectivity index (χ0n) is 45.4. The minimum absolute atomic E-state index is 0.121. The van der Waals surface area contributed by atoms with E-state index < -0.39 is 0 Å². The Kier molecular flexibility index (Phi) is 10.8. The molecule has 0 N–H and O–H groups in total. The van der Waals surface area contributed by atoms with Gasteiger partial charge in [0.1, 0.15) is 0 Å². The molecule has 0 bridgehead atoms. The second-order valence-corrected chi connectivity index (χ2v) is 22.2. The molecule has 17 rings (SSSR count). The zero-order valence-corrected chi connectivity index (χ0v) is 45.4. The smallest absolute Gasteiger partial charge is 0.252 e. The average Bonchev–Trinajstić information content (AvgIpc) is 0.791. The molecule has 0 aromatic heterocycles. The van der Waals surface area contributed by atoms with Crippen LogP contribution in [0.15, 0.2) is 309 Å². The second-order valence-electron chi connectivity index (χ2n) is 22.2. The average molecular weight is 1050 g/mol. The Hall–Kier alpha value is -10.6. The number of anilines is 9. The monoisotopic (exact) mass is 1050 g/mol. The molecule has 3 nitrogen and oxygen atoms in total. The van der Waals surface area contributed by atoms with Gasteiger partial charge in [-0.2, -0.15) is 0 Å². The first kappa shape index (κ1) is 47.2. The fraction of sp³-hybridized carbons (Fsp3) is 0. The van der Waals surface area contributed by atoms with Crippen LogP contribution < -0.4 is 47.5 Å². The number of hydrogen-bond donors (Lipinski definition) is 0. The highest BCUT2D eigenvalue weighted by Gasteiger charge is 2.52. The molecule has 83 heavy (non-hydrogen) atoms. The van der Waals surface area contributed by atoms with Crippen LogP contribution in [-0.4, -0.2) is 13.4 Å². The van der Waals surface area contributed by atoms with Crippen LogP contribution >= 0.6 is 0 Å². The summed E-state index contributed by atoms with van der Waals surface area (Å²) >= 11 is 0. The van der Waals surface area contributed by atoms with Gasteiger partial charge in [-0.25, -0.2) is 0 Å². The number of fused-ring (bicyclic) bond motifs is 10. The van der Waals surface area contributed by atoms with E-state index in [-0.39, 0.29) is 13.4 Å². The van der Waals surface area contributed by atoms with Crippen LogP contribution in [0.25, 0.3) is 66.8 Å². The van der Waals surface area contributed by atoms with Gasteiger partial charge in [0.05, 0.1) is 11.4 Å². The largest absolute Gasteiger partial charge is 0.312 e. The van der Waals surface area contributed by atoms with Crippen molar-refractivity contribution in [2.75, 3.05) is 14.7 Å². The van der Waals surface area contributed by atoms with Gasteiger partial charge in [0, 0.05) is 62.1 Å². The highest BCUT2D eigenvalue weighted by molar-refractivity contribution is 7.05. The molecule has 0 aliphatic carbocycles. The van der Waals surface area contributed by atoms with E-state index in [9.17, 15) is 0 Å². The van der Waals surface area contributed by atoms with Crippen LogP contribution in [0.4, 0.5) is 51.2 Å². The quantitative estimate of drug-likeness (QED) is 0.140. The van der Waals surface area contributed by atoms with E-state index in [1.807, 2.05) is 0 Å². The van der Waals surface area contributed by atoms with Gasteiger partial charge >= 0.3 is 0 Å². The lowest BCUT2D eigenvalue weighted by Gasteiger charge is -2.51. The van der Waals surface area contributed by atoms with E-state index in [4.69, 9.17) is 0 Å². The highest BCUT2D eigenvalue weighted by atomic mass is 15.2. The van der Waals surface area contributed by atoms with Gasteiger partial charge in [-0.15, -0.1) is 0 Å². The molecule has 13 aromatic rings. The first-order valence-electron chi connectivity index (χ1n) is 28.9. The fourth-order valence-corrected chi connectivity index (χ4v) is 14.4. The fourth-order valence-electron chi connectivity index (χ4n) is 14.4. The van der Waals surface area contributed by atoms with E-state index in [0.29, 0.717) is 0 Å². The summed E-state index contributed by atoms with van der Waals surface area (Å²) in [6.45, 7) is -0.241. The van der Waals surface area contributed by atoms with Crippen LogP contribution in [0.1, 0.15) is 0 Å². The molecule has 4 aliphatic rings. The van der Waals surface area contributed by atoms with Gasteiger partial charge in [-0.1, -0.05) is 279 Å². The molecule has 0 saturated carbocycles. The number of hydrogen-bond acceptors (Lipinski definition) is 3. The van der Waals surface area contributed by atoms with Crippen molar-refractivity contribution in [2.24, 2.45) is 0 Å². The van der Waals surface area contributed by atoms with Gasteiger partial charge in [0.15, 0.2) is 0 Å². The lowest BCUT2D eigenvalue weighted by Crippen LogP contribution is -2.68. The molecule has 4 heterocycles. The van der Waals surface area contributed by atoms with E-state index in [0.717, 1.165) is 67.3 Å². The summed E-state index contributed by atoms with van der Waals surface area (Å²) in [6, 6.07) is 115. The van der Waals surface area contributed by atoms with Crippen molar-refractivity contribution in [3.8, 4) is 66.8 Å². The number of nitrogens with zero attached hydrogens (tertiary/aromatic N) is 3. The van der Waals surface area contributed by atoms with Crippen molar-refractivity contribution in [1.29, 1.82) is 0 Å². The summed E-state index contributed by atoms with van der Waals surface area (Å²) in [5.41, 5.74) is 32.5. The van der Waals surface area contributed by atoms with Crippen LogP contribution in [0.3, 0.4) is 0 Å². The number of benzene rings is 13. The van der Waals surface area contributed by atoms with Crippen LogP contribution in [0.2, 0.25) is 0 Å². The second kappa shape index (κ2) is 19.0. The Morgan fingerprint density at radius 3 is 0.819 bits per heavy atom. The van der Waals surface area contributed by atoms with E-state index in [2.05, 4.69) is 324 Å². The number of rotatable bonds is 8. The Morgan fingerprint density at radius 2 is 0.470 bits per heavy atom. The Bertz CT molecular complexity index is 4280. The molecular weight excluding hydrogens is 1000 g/mol. The predicted molar refractivity (Wildman–Crippen MR) is 352 cm³/mol. The van der Waals surface area contributed by atoms with Crippen molar-refractivity contribution in [3.63, 3.8) is 0 Å². The van der Waals surface area contributed by atoms with E-state index >= 15 is 0 Å². The van der Waals surface area contributed by atoms with Gasteiger partial charge in [-0.3, -0.25) is 0 Å². The molecule has 0 saturated heterocycles. The summed E-state index contributed by atoms with van der Waals surface area (Å²) in [6.07, 6.45) is 0. The number of para-hydroxylation sites is 4. The Labute approximate surface area is 485 Å². The van der Waals surface area contributed by atoms with Crippen LogP contribution in [-0.2, 0) is 0 Å². The van der Waals surface area contributed by atoms with Gasteiger partial charge < -0.3 is 14.7 Å². The zero-order chi connectivity index (χ0) is 54.5. The normalized spacial score (nSPS) is 12.9. The van der Waals surface area contributed by atoms with E-state index in [1.165, 1.54) is 83.5 Å². The first-order valence-corrected chi connectivity index (χ1v) is 28.9. The molecule has 0 amide bonds. The minimum Gasteiger partial charge on any atom is -0.312 e. The third kappa shape index (κ3) is 7.27. The minimum atomic E-state index is -0.121. The molecule has 4 aliphatic heterocycles. The molecule has 0 atom stereocenters. The summed E-state index contributed by atoms with van der Waals surface area (Å²) in [5.74, 6) is 0. The van der Waals surface area contributed by atoms with Crippen molar-refractivity contribution >= 4 is 97.4 Å². The van der Waals surface area contributed by atoms with E-state index in [1.54, 1.807) is 0 Å². The standard InChI is InChI=1S/C78H51B2N3/c1-7-25-52(26-8-1)58-45-47-70-66(49-58)79-64-41-19-21-43-68(64)82(76-60(54-29-11-3-12-30-54)37-23-38-61(76)55-31-13-4-14-32-55)72-51-73-75-78(74(72)79)81(70)71-48-46-59(53-27-9-2-10-28-53)50-67(71)80(75)65-42-20-22-44-69(65)83(73)77-62(56-33-15-5-16-34-56)39-24-40-63(77)57-35-17-6-18-36-57/h1-51H. The predicted octanol–water partition coefficient (Wildman–Crippen LogP) is 16.4. The molecule has 13 aromatic carbocycles. The maximum atomic E-state index is 2.68. The lowest BCUT2D eigenvalue weighted by atomic mass is 9.28. The molecule has 0 spiro atoms. The molecule has 0 unspecified atom stereocenters. The summed E-state index contributed by atoms with van der Waals surface area (Å²) in [5, 5.41) is 0. The van der Waals surface area contributed by atoms with Gasteiger partial charge in [0.25, 0.3) is 13.4 Å². The van der Waals surface area contributed by atoms with Gasteiger partial charge in [-0.05, 0) is 108 Å². The molecule has 0 radical (unpaired) electrons. The highest BCUT2D eigenvalue weighted by Crippen LogP contribution is 2.55. The molecule has 5 heteroatoms. The maximum Gasteiger partial charge on any atom is 0.252 e. The van der Waals surface area contributed by atoms with Crippen molar-refractivity contribution in [2.45, 2.75) is 0 Å². The Morgan fingerprint density at radius 1 is 0.181 bits per heavy atom. The van der Waals surface area contributed by atoms with Crippen molar-refractivity contribution in [1.82, 2.24) is 0 Å². The third-order valence-electron chi connectivity index (χ3n) is 17.8. The Balaban J connectivity index is 1.06. The molecule has 0 fully saturated rings.